The van der Waals surface area contributed by atoms with Gasteiger partial charge in [-0.15, -0.1) is 11.8 Å². The quantitative estimate of drug-likeness (QED) is 0.877. The zero-order chi connectivity index (χ0) is 17.6. The Bertz CT molecular complexity index is 688. The number of ether oxygens (including phenoxy) is 1. The lowest BCUT2D eigenvalue weighted by atomic mass is 10.0. The molecule has 2 amide bonds. The first-order valence-corrected chi connectivity index (χ1v) is 9.91. The maximum Gasteiger partial charge on any atom is 0.244 e. The Hall–Kier alpha value is -1.69. The van der Waals surface area contributed by atoms with Crippen molar-refractivity contribution in [2.24, 2.45) is 5.92 Å². The van der Waals surface area contributed by atoms with Crippen LogP contribution >= 0.6 is 11.8 Å². The van der Waals surface area contributed by atoms with Crippen LogP contribution in [0.5, 0.6) is 5.75 Å². The Morgan fingerprint density at radius 3 is 2.72 bits per heavy atom. The fourth-order valence-electron chi connectivity index (χ4n) is 3.98. The molecule has 4 rings (SSSR count). The molecule has 0 bridgehead atoms. The monoisotopic (exact) mass is 360 g/mol. The second-order valence-electron chi connectivity index (χ2n) is 7.36. The van der Waals surface area contributed by atoms with Gasteiger partial charge in [-0.25, -0.2) is 0 Å². The molecule has 2 heterocycles. The van der Waals surface area contributed by atoms with E-state index in [1.54, 1.807) is 18.9 Å². The van der Waals surface area contributed by atoms with Crippen molar-refractivity contribution in [2.75, 3.05) is 12.9 Å². The third-order valence-electron chi connectivity index (χ3n) is 5.61. The molecule has 3 atom stereocenters. The molecule has 0 aromatic heterocycles. The number of thioether (sulfide) groups is 1. The first-order valence-electron chi connectivity index (χ1n) is 8.92. The van der Waals surface area contributed by atoms with Crippen molar-refractivity contribution in [3.63, 3.8) is 0 Å². The largest absolute Gasteiger partial charge is 0.497 e. The van der Waals surface area contributed by atoms with Crippen LogP contribution in [0.2, 0.25) is 0 Å². The maximum absolute atomic E-state index is 13.0. The van der Waals surface area contributed by atoms with E-state index in [4.69, 9.17) is 4.74 Å². The van der Waals surface area contributed by atoms with E-state index in [2.05, 4.69) is 12.2 Å². The summed E-state index contributed by atoms with van der Waals surface area (Å²) in [6.45, 7) is 2.08. The summed E-state index contributed by atoms with van der Waals surface area (Å²) in [4.78, 5) is 26.9. The number of carbonyl (C=O) groups is 2. The van der Waals surface area contributed by atoms with Gasteiger partial charge in [0.15, 0.2) is 0 Å². The summed E-state index contributed by atoms with van der Waals surface area (Å²) in [5.74, 6) is 2.09. The minimum absolute atomic E-state index is 0.0146. The molecule has 1 N–H and O–H groups in total. The van der Waals surface area contributed by atoms with Crippen LogP contribution < -0.4 is 10.1 Å². The lowest BCUT2D eigenvalue weighted by Crippen LogP contribution is -2.50. The standard InChI is InChI=1S/C19H24N2O3S/c1-19-10-9-16(22)21(19)15(11-25-19)18(23)20-17(12-3-4-12)13-5-7-14(24-2)8-6-13/h5-8,12,15,17H,3-4,9-11H2,1-2H3,(H,20,23)/t15-,17+,19-/m0/s1. The van der Waals surface area contributed by atoms with Gasteiger partial charge in [-0.2, -0.15) is 0 Å². The highest BCUT2D eigenvalue weighted by Gasteiger charge is 2.53. The van der Waals surface area contributed by atoms with E-state index in [-0.39, 0.29) is 28.8 Å². The summed E-state index contributed by atoms with van der Waals surface area (Å²) < 4.78 is 5.22. The van der Waals surface area contributed by atoms with E-state index in [1.807, 2.05) is 29.2 Å². The molecule has 6 heteroatoms. The van der Waals surface area contributed by atoms with Gasteiger partial charge in [0, 0.05) is 12.2 Å². The van der Waals surface area contributed by atoms with Gasteiger partial charge in [-0.1, -0.05) is 12.1 Å². The minimum atomic E-state index is -0.343. The SMILES string of the molecule is COc1ccc([C@H](NC(=O)[C@@H]2CS[C@@]3(C)CCC(=O)N23)C2CC2)cc1. The molecule has 5 nitrogen and oxygen atoms in total. The maximum atomic E-state index is 13.0. The number of benzene rings is 1. The van der Waals surface area contributed by atoms with E-state index in [0.717, 1.165) is 30.6 Å². The van der Waals surface area contributed by atoms with Gasteiger partial charge < -0.3 is 15.0 Å². The van der Waals surface area contributed by atoms with E-state index < -0.39 is 0 Å². The zero-order valence-electron chi connectivity index (χ0n) is 14.7. The number of hydrogen-bond donors (Lipinski definition) is 1. The van der Waals surface area contributed by atoms with Gasteiger partial charge in [0.1, 0.15) is 11.8 Å². The fourth-order valence-corrected chi connectivity index (χ4v) is 5.41. The molecule has 25 heavy (non-hydrogen) atoms. The average molecular weight is 360 g/mol. The molecule has 0 radical (unpaired) electrons. The van der Waals surface area contributed by atoms with Gasteiger partial charge in [-0.3, -0.25) is 9.59 Å². The van der Waals surface area contributed by atoms with E-state index >= 15 is 0 Å². The molecular weight excluding hydrogens is 336 g/mol. The van der Waals surface area contributed by atoms with E-state index in [0.29, 0.717) is 18.1 Å². The van der Waals surface area contributed by atoms with Crippen LogP contribution in [-0.4, -0.2) is 40.5 Å². The zero-order valence-corrected chi connectivity index (χ0v) is 15.5. The Balaban J connectivity index is 1.50. The smallest absolute Gasteiger partial charge is 0.244 e. The molecule has 2 saturated heterocycles. The van der Waals surface area contributed by atoms with E-state index in [9.17, 15) is 9.59 Å². The number of fused-ring (bicyclic) bond motifs is 1. The lowest BCUT2D eigenvalue weighted by Gasteiger charge is -2.31. The normalized spacial score (nSPS) is 29.4. The Kier molecular flexibility index (Phi) is 4.18. The lowest BCUT2D eigenvalue weighted by molar-refractivity contribution is -0.138. The molecule has 3 aliphatic rings. The summed E-state index contributed by atoms with van der Waals surface area (Å²) in [5, 5.41) is 3.24. The van der Waals surface area contributed by atoms with Gasteiger partial charge >= 0.3 is 0 Å². The second kappa shape index (κ2) is 6.24. The van der Waals surface area contributed by atoms with Crippen molar-refractivity contribution in [1.82, 2.24) is 10.2 Å². The summed E-state index contributed by atoms with van der Waals surface area (Å²) in [6, 6.07) is 7.59. The van der Waals surface area contributed by atoms with Crippen LogP contribution in [0, 0.1) is 5.92 Å². The van der Waals surface area contributed by atoms with Crippen molar-refractivity contribution >= 4 is 23.6 Å². The molecule has 2 aliphatic heterocycles. The highest BCUT2D eigenvalue weighted by Crippen LogP contribution is 2.48. The molecule has 1 aromatic rings. The van der Waals surface area contributed by atoms with Gasteiger partial charge in [-0.05, 0) is 49.8 Å². The van der Waals surface area contributed by atoms with Crippen molar-refractivity contribution in [1.29, 1.82) is 0 Å². The molecule has 0 spiro atoms. The molecular formula is C19H24N2O3S. The molecule has 134 valence electrons. The number of rotatable bonds is 5. The third-order valence-corrected chi connectivity index (χ3v) is 7.12. The highest BCUT2D eigenvalue weighted by atomic mass is 32.2. The van der Waals surface area contributed by atoms with Crippen molar-refractivity contribution < 1.29 is 14.3 Å². The molecule has 3 fully saturated rings. The average Bonchev–Trinajstić information content (AvgIpc) is 3.34. The van der Waals surface area contributed by atoms with Gasteiger partial charge in [0.2, 0.25) is 11.8 Å². The Morgan fingerprint density at radius 2 is 2.08 bits per heavy atom. The number of amides is 2. The van der Waals surface area contributed by atoms with Crippen molar-refractivity contribution in [3.05, 3.63) is 29.8 Å². The van der Waals surface area contributed by atoms with Gasteiger partial charge in [0.25, 0.3) is 0 Å². The molecule has 1 saturated carbocycles. The van der Waals surface area contributed by atoms with Crippen molar-refractivity contribution in [2.45, 2.75) is 49.6 Å². The first-order chi connectivity index (χ1) is 12.0. The fraction of sp³-hybridized carbons (Fsp3) is 0.579. The third kappa shape index (κ3) is 3.01. The predicted octanol–water partition coefficient (Wildman–Crippen LogP) is 2.72. The van der Waals surface area contributed by atoms with Crippen LogP contribution in [0.1, 0.15) is 44.2 Å². The second-order valence-corrected chi connectivity index (χ2v) is 8.86. The summed E-state index contributed by atoms with van der Waals surface area (Å²) in [5.41, 5.74) is 1.11. The number of nitrogens with one attached hydrogen (secondary N) is 1. The summed E-state index contributed by atoms with van der Waals surface area (Å²) in [6.07, 6.45) is 3.66. The molecule has 0 unspecified atom stereocenters. The van der Waals surface area contributed by atoms with Crippen LogP contribution in [0.3, 0.4) is 0 Å². The Morgan fingerprint density at radius 1 is 1.36 bits per heavy atom. The summed E-state index contributed by atoms with van der Waals surface area (Å²) >= 11 is 1.74. The molecule has 1 aromatic carbocycles. The summed E-state index contributed by atoms with van der Waals surface area (Å²) in [7, 11) is 1.65. The first kappa shape index (κ1) is 16.8. The topological polar surface area (TPSA) is 58.6 Å². The number of hydrogen-bond acceptors (Lipinski definition) is 4. The van der Waals surface area contributed by atoms with Crippen LogP contribution in [0.25, 0.3) is 0 Å². The number of methoxy groups -OCH3 is 1. The van der Waals surface area contributed by atoms with Crippen molar-refractivity contribution in [3.8, 4) is 5.75 Å². The number of nitrogens with zero attached hydrogens (tertiary/aromatic N) is 1. The van der Waals surface area contributed by atoms with Gasteiger partial charge in [0.05, 0.1) is 18.0 Å². The van der Waals surface area contributed by atoms with E-state index in [1.165, 1.54) is 0 Å². The minimum Gasteiger partial charge on any atom is -0.497 e. The van der Waals surface area contributed by atoms with Crippen LogP contribution in [0.4, 0.5) is 0 Å². The Labute approximate surface area is 152 Å². The van der Waals surface area contributed by atoms with Crippen LogP contribution in [-0.2, 0) is 9.59 Å². The predicted molar refractivity (Wildman–Crippen MR) is 97.3 cm³/mol. The highest BCUT2D eigenvalue weighted by molar-refractivity contribution is 8.01. The molecule has 1 aliphatic carbocycles. The number of carbonyl (C=O) groups excluding carboxylic acids is 2. The van der Waals surface area contributed by atoms with Crippen LogP contribution in [0.15, 0.2) is 24.3 Å².